The van der Waals surface area contributed by atoms with E-state index in [9.17, 15) is 4.79 Å². The molecule has 0 aliphatic carbocycles. The number of urea groups is 1. The van der Waals surface area contributed by atoms with Crippen LogP contribution < -0.4 is 10.6 Å². The average Bonchev–Trinajstić information content (AvgIpc) is 2.90. The molecule has 18 heavy (non-hydrogen) atoms. The molecule has 1 aromatic rings. The van der Waals surface area contributed by atoms with Gasteiger partial charge in [-0.2, -0.15) is 0 Å². The Labute approximate surface area is 108 Å². The maximum Gasteiger partial charge on any atom is 0.319 e. The van der Waals surface area contributed by atoms with E-state index in [0.717, 1.165) is 37.1 Å². The van der Waals surface area contributed by atoms with Crippen LogP contribution in [0.25, 0.3) is 0 Å². The fraction of sp³-hybridized carbons (Fsp3) is 0.500. The molecule has 1 aromatic carbocycles. The van der Waals surface area contributed by atoms with Crippen LogP contribution in [0.15, 0.2) is 24.3 Å². The lowest BCUT2D eigenvalue weighted by Gasteiger charge is -2.13. The van der Waals surface area contributed by atoms with Gasteiger partial charge in [-0.3, -0.25) is 0 Å². The Morgan fingerprint density at radius 1 is 1.44 bits per heavy atom. The number of hydrogen-bond acceptors (Lipinski definition) is 2. The van der Waals surface area contributed by atoms with E-state index in [-0.39, 0.29) is 12.1 Å². The van der Waals surface area contributed by atoms with Crippen LogP contribution in [-0.4, -0.2) is 25.3 Å². The highest BCUT2D eigenvalue weighted by Gasteiger charge is 2.16. The van der Waals surface area contributed by atoms with Crippen molar-refractivity contribution in [2.45, 2.75) is 32.3 Å². The molecule has 2 amide bonds. The summed E-state index contributed by atoms with van der Waals surface area (Å²) in [6.45, 7) is 3.47. The van der Waals surface area contributed by atoms with Crippen molar-refractivity contribution in [3.63, 3.8) is 0 Å². The van der Waals surface area contributed by atoms with Gasteiger partial charge in [-0.1, -0.05) is 25.1 Å². The van der Waals surface area contributed by atoms with Crippen LogP contribution in [0.5, 0.6) is 0 Å². The minimum absolute atomic E-state index is 0.161. The van der Waals surface area contributed by atoms with Gasteiger partial charge in [-0.05, 0) is 30.9 Å². The lowest BCUT2D eigenvalue weighted by molar-refractivity contribution is 0.112. The van der Waals surface area contributed by atoms with Gasteiger partial charge in [0.1, 0.15) is 0 Å². The Morgan fingerprint density at radius 2 is 2.28 bits per heavy atom. The maximum atomic E-state index is 11.8. The van der Waals surface area contributed by atoms with Gasteiger partial charge in [0.2, 0.25) is 0 Å². The lowest BCUT2D eigenvalue weighted by Crippen LogP contribution is -2.35. The van der Waals surface area contributed by atoms with Gasteiger partial charge in [-0.15, -0.1) is 0 Å². The highest BCUT2D eigenvalue weighted by Crippen LogP contribution is 2.15. The fourth-order valence-corrected chi connectivity index (χ4v) is 2.13. The Bertz CT molecular complexity index is 401. The molecule has 0 aromatic heterocycles. The quantitative estimate of drug-likeness (QED) is 0.860. The van der Waals surface area contributed by atoms with Crippen molar-refractivity contribution in [1.29, 1.82) is 0 Å². The molecular weight excluding hydrogens is 228 g/mol. The molecule has 1 aliphatic rings. The fourth-order valence-electron chi connectivity index (χ4n) is 2.13. The molecule has 4 nitrogen and oxygen atoms in total. The Morgan fingerprint density at radius 3 is 3.00 bits per heavy atom. The second-order valence-corrected chi connectivity index (χ2v) is 4.48. The van der Waals surface area contributed by atoms with E-state index in [1.807, 2.05) is 24.3 Å². The number of ether oxygens (including phenoxy) is 1. The number of rotatable bonds is 4. The van der Waals surface area contributed by atoms with Crippen molar-refractivity contribution >= 4 is 11.7 Å². The van der Waals surface area contributed by atoms with E-state index >= 15 is 0 Å². The summed E-state index contributed by atoms with van der Waals surface area (Å²) < 4.78 is 5.46. The molecule has 1 fully saturated rings. The van der Waals surface area contributed by atoms with Crippen LogP contribution in [0.2, 0.25) is 0 Å². The highest BCUT2D eigenvalue weighted by atomic mass is 16.5. The van der Waals surface area contributed by atoms with E-state index in [1.54, 1.807) is 0 Å². The minimum Gasteiger partial charge on any atom is -0.376 e. The summed E-state index contributed by atoms with van der Waals surface area (Å²) in [5.41, 5.74) is 2.02. The van der Waals surface area contributed by atoms with Crippen molar-refractivity contribution in [2.75, 3.05) is 18.5 Å². The molecule has 0 spiro atoms. The van der Waals surface area contributed by atoms with E-state index in [4.69, 9.17) is 4.74 Å². The number of para-hydroxylation sites is 1. The first kappa shape index (κ1) is 12.9. The SMILES string of the molecule is CCc1ccccc1NC(=O)NC[C@@H]1CCCO1. The zero-order valence-electron chi connectivity index (χ0n) is 10.7. The minimum atomic E-state index is -0.161. The zero-order chi connectivity index (χ0) is 12.8. The van der Waals surface area contributed by atoms with Crippen LogP contribution >= 0.6 is 0 Å². The Hall–Kier alpha value is -1.55. The Balaban J connectivity index is 1.82. The van der Waals surface area contributed by atoms with E-state index < -0.39 is 0 Å². The predicted octanol–water partition coefficient (Wildman–Crippen LogP) is 2.55. The van der Waals surface area contributed by atoms with Crippen LogP contribution in [0.1, 0.15) is 25.3 Å². The monoisotopic (exact) mass is 248 g/mol. The summed E-state index contributed by atoms with van der Waals surface area (Å²) in [5.74, 6) is 0. The molecule has 2 N–H and O–H groups in total. The number of nitrogens with one attached hydrogen (secondary N) is 2. The first-order chi connectivity index (χ1) is 8.79. The van der Waals surface area contributed by atoms with Gasteiger partial charge >= 0.3 is 6.03 Å². The first-order valence-corrected chi connectivity index (χ1v) is 6.54. The van der Waals surface area contributed by atoms with Gasteiger partial charge in [0.05, 0.1) is 6.10 Å². The summed E-state index contributed by atoms with van der Waals surface area (Å²) in [6, 6.07) is 7.69. The smallest absolute Gasteiger partial charge is 0.319 e. The molecule has 2 rings (SSSR count). The molecule has 1 aliphatic heterocycles. The van der Waals surface area contributed by atoms with Gasteiger partial charge in [-0.25, -0.2) is 4.79 Å². The summed E-state index contributed by atoms with van der Waals surface area (Å²) in [5, 5.41) is 5.73. The number of amides is 2. The first-order valence-electron chi connectivity index (χ1n) is 6.54. The van der Waals surface area contributed by atoms with Crippen molar-refractivity contribution in [3.05, 3.63) is 29.8 Å². The van der Waals surface area contributed by atoms with Crippen molar-refractivity contribution in [1.82, 2.24) is 5.32 Å². The number of carbonyl (C=O) groups is 1. The zero-order valence-corrected chi connectivity index (χ0v) is 10.7. The summed E-state index contributed by atoms with van der Waals surface area (Å²) in [6.07, 6.45) is 3.21. The number of benzene rings is 1. The summed E-state index contributed by atoms with van der Waals surface area (Å²) in [7, 11) is 0. The lowest BCUT2D eigenvalue weighted by atomic mass is 10.1. The second kappa shape index (κ2) is 6.40. The molecule has 0 saturated carbocycles. The van der Waals surface area contributed by atoms with Crippen LogP contribution in [0, 0.1) is 0 Å². The van der Waals surface area contributed by atoms with Gasteiger partial charge in [0, 0.05) is 18.8 Å². The molecule has 0 bridgehead atoms. The predicted molar refractivity (Wildman–Crippen MR) is 71.8 cm³/mol. The van der Waals surface area contributed by atoms with E-state index in [1.165, 1.54) is 0 Å². The molecule has 4 heteroatoms. The molecule has 1 heterocycles. The van der Waals surface area contributed by atoms with E-state index in [2.05, 4.69) is 17.6 Å². The molecule has 1 saturated heterocycles. The summed E-state index contributed by atoms with van der Waals surface area (Å²) in [4.78, 5) is 11.8. The van der Waals surface area contributed by atoms with Crippen LogP contribution in [0.4, 0.5) is 10.5 Å². The van der Waals surface area contributed by atoms with Gasteiger partial charge < -0.3 is 15.4 Å². The number of carbonyl (C=O) groups excluding carboxylic acids is 1. The maximum absolute atomic E-state index is 11.8. The third-order valence-electron chi connectivity index (χ3n) is 3.16. The van der Waals surface area contributed by atoms with Crippen molar-refractivity contribution in [2.24, 2.45) is 0 Å². The normalized spacial score (nSPS) is 18.6. The van der Waals surface area contributed by atoms with E-state index in [0.29, 0.717) is 6.54 Å². The third kappa shape index (κ3) is 3.47. The molecule has 0 radical (unpaired) electrons. The van der Waals surface area contributed by atoms with Crippen molar-refractivity contribution in [3.8, 4) is 0 Å². The van der Waals surface area contributed by atoms with Crippen LogP contribution in [-0.2, 0) is 11.2 Å². The Kier molecular flexibility index (Phi) is 4.59. The topological polar surface area (TPSA) is 50.4 Å². The average molecular weight is 248 g/mol. The third-order valence-corrected chi connectivity index (χ3v) is 3.16. The van der Waals surface area contributed by atoms with Crippen molar-refractivity contribution < 1.29 is 9.53 Å². The number of hydrogen-bond donors (Lipinski definition) is 2. The highest BCUT2D eigenvalue weighted by molar-refractivity contribution is 5.90. The molecule has 0 unspecified atom stereocenters. The summed E-state index contributed by atoms with van der Waals surface area (Å²) >= 11 is 0. The number of aryl methyl sites for hydroxylation is 1. The molecule has 98 valence electrons. The molecular formula is C14H20N2O2. The van der Waals surface area contributed by atoms with Gasteiger partial charge in [0.15, 0.2) is 0 Å². The number of anilines is 1. The largest absolute Gasteiger partial charge is 0.376 e. The second-order valence-electron chi connectivity index (χ2n) is 4.48. The standard InChI is InChI=1S/C14H20N2O2/c1-2-11-6-3-4-8-13(11)16-14(17)15-10-12-7-5-9-18-12/h3-4,6,8,12H,2,5,7,9-10H2,1H3,(H2,15,16,17)/t12-/m0/s1. The van der Waals surface area contributed by atoms with Crippen LogP contribution in [0.3, 0.4) is 0 Å². The molecule has 1 atom stereocenters. The van der Waals surface area contributed by atoms with Gasteiger partial charge in [0.25, 0.3) is 0 Å².